The summed E-state index contributed by atoms with van der Waals surface area (Å²) < 4.78 is 11.5. The Labute approximate surface area is 329 Å². The van der Waals surface area contributed by atoms with E-state index in [1.165, 1.54) is 36.4 Å². The SMILES string of the molecule is CC(C)(C)OC(=O)N1[C@@H](CN2CCC(C(=O)c3ccc(Cl)cc3)CC2)COC1(C)C.O=C(O)[C@@](O)(C(=O)c1ccccc1)[C@@](O)(C(=O)O)C(=O)c1ccccc1. The Balaban J connectivity index is 0.000000251. The van der Waals surface area contributed by atoms with Crippen molar-refractivity contribution in [3.05, 3.63) is 107 Å². The normalized spacial score (nSPS) is 19.4. The van der Waals surface area contributed by atoms with Crippen molar-refractivity contribution in [2.24, 2.45) is 5.92 Å². The van der Waals surface area contributed by atoms with Crippen molar-refractivity contribution in [2.45, 2.75) is 76.0 Å². The number of likely N-dealkylation sites (tertiary alicyclic amines) is 1. The summed E-state index contributed by atoms with van der Waals surface area (Å²) in [6.07, 6.45) is 1.28. The molecule has 3 atom stereocenters. The fraction of sp³-hybridized carbons (Fsp3) is 0.415. The Morgan fingerprint density at radius 1 is 0.750 bits per heavy atom. The van der Waals surface area contributed by atoms with Crippen molar-refractivity contribution in [3.8, 4) is 0 Å². The molecule has 5 rings (SSSR count). The fourth-order valence-corrected chi connectivity index (χ4v) is 6.78. The number of nitrogens with zero attached hydrogens (tertiary/aromatic N) is 2. The standard InChI is InChI=1S/C23H33ClN2O4.C18H14O8/c1-22(2,3)30-21(28)26-19(15-29-23(26,4)5)14-25-12-10-17(11-13-25)20(27)16-6-8-18(24)9-7-16;19-13(11-7-3-1-4-8-11)17(25,15(21)22)18(26,16(23)24)14(20)12-9-5-2-6-10-12/h6-9,17,19H,10-15H2,1-5H3;1-10,25-26H,(H,21,22)(H,23,24)/t19-;17-,18-/m00/s1. The zero-order chi connectivity index (χ0) is 41.6. The molecule has 2 aliphatic heterocycles. The molecule has 300 valence electrons. The molecule has 3 aromatic carbocycles. The fourth-order valence-electron chi connectivity index (χ4n) is 6.65. The van der Waals surface area contributed by atoms with Crippen LogP contribution in [0.5, 0.6) is 0 Å². The summed E-state index contributed by atoms with van der Waals surface area (Å²) >= 11 is 5.93. The Bertz CT molecular complexity index is 1830. The lowest BCUT2D eigenvalue weighted by Crippen LogP contribution is -2.71. The van der Waals surface area contributed by atoms with Crippen molar-refractivity contribution in [1.82, 2.24) is 9.80 Å². The zero-order valence-corrected chi connectivity index (χ0v) is 32.6. The number of aliphatic hydroxyl groups is 2. The van der Waals surface area contributed by atoms with Crippen molar-refractivity contribution >= 4 is 47.0 Å². The summed E-state index contributed by atoms with van der Waals surface area (Å²) in [4.78, 5) is 78.1. The predicted molar refractivity (Wildman–Crippen MR) is 204 cm³/mol. The van der Waals surface area contributed by atoms with Crippen molar-refractivity contribution in [3.63, 3.8) is 0 Å². The number of carbonyl (C=O) groups is 6. The quantitative estimate of drug-likeness (QED) is 0.149. The molecule has 2 fully saturated rings. The molecule has 2 heterocycles. The molecule has 14 nitrogen and oxygen atoms in total. The van der Waals surface area contributed by atoms with E-state index < -0.39 is 57.2 Å². The first kappa shape index (κ1) is 43.7. The molecular formula is C41H47ClN2O12. The van der Waals surface area contributed by atoms with Gasteiger partial charge in [0.05, 0.1) is 12.6 Å². The van der Waals surface area contributed by atoms with Crippen LogP contribution in [0.1, 0.15) is 78.5 Å². The number of piperidine rings is 1. The highest BCUT2D eigenvalue weighted by atomic mass is 35.5. The summed E-state index contributed by atoms with van der Waals surface area (Å²) in [5.41, 5.74) is -9.22. The van der Waals surface area contributed by atoms with Gasteiger partial charge in [-0.15, -0.1) is 0 Å². The number of halogens is 1. The van der Waals surface area contributed by atoms with E-state index in [1.807, 2.05) is 34.6 Å². The second-order valence-electron chi connectivity index (χ2n) is 15.1. The molecule has 15 heteroatoms. The molecule has 4 N–H and O–H groups in total. The maximum Gasteiger partial charge on any atom is 0.412 e. The number of Topliss-reactive ketones (excluding diaryl/α,β-unsaturated/α-hetero) is 3. The first-order valence-corrected chi connectivity index (χ1v) is 18.3. The molecule has 0 bridgehead atoms. The van der Waals surface area contributed by atoms with Crippen LogP contribution < -0.4 is 0 Å². The van der Waals surface area contributed by atoms with E-state index in [9.17, 15) is 49.2 Å². The largest absolute Gasteiger partial charge is 0.479 e. The highest BCUT2D eigenvalue weighted by molar-refractivity contribution is 6.30. The lowest BCUT2D eigenvalue weighted by Gasteiger charge is -2.38. The minimum absolute atomic E-state index is 0.0284. The van der Waals surface area contributed by atoms with Crippen LogP contribution in [0.2, 0.25) is 5.02 Å². The Morgan fingerprint density at radius 2 is 1.20 bits per heavy atom. The van der Waals surface area contributed by atoms with Gasteiger partial charge in [0.2, 0.25) is 11.6 Å². The smallest absolute Gasteiger partial charge is 0.412 e. The number of carbonyl (C=O) groups excluding carboxylic acids is 4. The minimum Gasteiger partial charge on any atom is -0.479 e. The molecule has 56 heavy (non-hydrogen) atoms. The van der Waals surface area contributed by atoms with E-state index in [0.717, 1.165) is 55.8 Å². The molecular weight excluding hydrogens is 748 g/mol. The molecule has 0 aliphatic carbocycles. The molecule has 3 aromatic rings. The van der Waals surface area contributed by atoms with Gasteiger partial charge in [0.15, 0.2) is 5.78 Å². The van der Waals surface area contributed by atoms with Gasteiger partial charge in [0.25, 0.3) is 11.2 Å². The summed E-state index contributed by atoms with van der Waals surface area (Å²) in [5.74, 6) is -7.81. The van der Waals surface area contributed by atoms with Gasteiger partial charge in [-0.2, -0.15) is 0 Å². The van der Waals surface area contributed by atoms with E-state index in [2.05, 4.69) is 4.90 Å². The van der Waals surface area contributed by atoms with Gasteiger partial charge < -0.3 is 34.8 Å². The summed E-state index contributed by atoms with van der Waals surface area (Å²) in [6.45, 7) is 12.2. The van der Waals surface area contributed by atoms with Gasteiger partial charge in [0.1, 0.15) is 11.3 Å². The van der Waals surface area contributed by atoms with E-state index >= 15 is 0 Å². The Kier molecular flexibility index (Phi) is 13.6. The number of aliphatic carboxylic acids is 2. The van der Waals surface area contributed by atoms with Crippen LogP contribution in [0.15, 0.2) is 84.9 Å². The van der Waals surface area contributed by atoms with Crippen molar-refractivity contribution in [1.29, 1.82) is 0 Å². The first-order valence-electron chi connectivity index (χ1n) is 17.9. The number of hydrogen-bond acceptors (Lipinski definition) is 11. The average Bonchev–Trinajstić information content (AvgIpc) is 3.46. The third-order valence-corrected chi connectivity index (χ3v) is 9.84. The van der Waals surface area contributed by atoms with Crippen molar-refractivity contribution < 1.29 is 58.7 Å². The number of benzene rings is 3. The lowest BCUT2D eigenvalue weighted by molar-refractivity contribution is -0.187. The summed E-state index contributed by atoms with van der Waals surface area (Å²) in [5, 5.41) is 40.5. The van der Waals surface area contributed by atoms with Crippen LogP contribution in [0.4, 0.5) is 4.79 Å². The Morgan fingerprint density at radius 3 is 1.61 bits per heavy atom. The number of hydrogen-bond donors (Lipinski definition) is 4. The monoisotopic (exact) mass is 794 g/mol. The van der Waals surface area contributed by atoms with E-state index in [1.54, 1.807) is 29.2 Å². The molecule has 1 amide bonds. The van der Waals surface area contributed by atoms with Crippen molar-refractivity contribution in [2.75, 3.05) is 26.2 Å². The number of carboxylic acids is 2. The van der Waals surface area contributed by atoms with Gasteiger partial charge >= 0.3 is 18.0 Å². The van der Waals surface area contributed by atoms with E-state index in [4.69, 9.17) is 21.1 Å². The topological polar surface area (TPSA) is 208 Å². The zero-order valence-electron chi connectivity index (χ0n) is 31.8. The van der Waals surface area contributed by atoms with Gasteiger partial charge in [0, 0.05) is 34.2 Å². The van der Waals surface area contributed by atoms with Crippen LogP contribution >= 0.6 is 11.6 Å². The second kappa shape index (κ2) is 17.4. The predicted octanol–water partition coefficient (Wildman–Crippen LogP) is 4.99. The molecule has 0 unspecified atom stereocenters. The number of carboxylic acid groups (broad SMARTS) is 2. The maximum absolute atomic E-state index is 12.8. The molecule has 0 aromatic heterocycles. The molecule has 0 spiro atoms. The summed E-state index contributed by atoms with van der Waals surface area (Å²) in [7, 11) is 0. The van der Waals surface area contributed by atoms with Crippen LogP contribution in [-0.2, 0) is 19.1 Å². The van der Waals surface area contributed by atoms with Gasteiger partial charge in [-0.1, -0.05) is 72.3 Å². The minimum atomic E-state index is -3.95. The van der Waals surface area contributed by atoms with Crippen LogP contribution in [0, 0.1) is 5.92 Å². The van der Waals surface area contributed by atoms with Gasteiger partial charge in [-0.25, -0.2) is 14.4 Å². The summed E-state index contributed by atoms with van der Waals surface area (Å²) in [6, 6.07) is 19.9. The third-order valence-electron chi connectivity index (χ3n) is 9.59. The van der Waals surface area contributed by atoms with Gasteiger partial charge in [-0.05, 0) is 84.8 Å². The Hall–Kier alpha value is -4.99. The highest BCUT2D eigenvalue weighted by Gasteiger charge is 2.70. The number of ketones is 3. The van der Waals surface area contributed by atoms with E-state index in [0.29, 0.717) is 18.2 Å². The molecule has 0 saturated carbocycles. The molecule has 2 saturated heterocycles. The number of ether oxygens (including phenoxy) is 2. The first-order chi connectivity index (χ1) is 26.1. The maximum atomic E-state index is 12.8. The van der Waals surface area contributed by atoms with Crippen LogP contribution in [0.25, 0.3) is 0 Å². The lowest BCUT2D eigenvalue weighted by atomic mass is 9.73. The van der Waals surface area contributed by atoms with Gasteiger partial charge in [-0.3, -0.25) is 19.3 Å². The number of rotatable bonds is 11. The average molecular weight is 795 g/mol. The molecule has 2 aliphatic rings. The van der Waals surface area contributed by atoms with Crippen LogP contribution in [0.3, 0.4) is 0 Å². The molecule has 0 radical (unpaired) electrons. The van der Waals surface area contributed by atoms with Crippen LogP contribution in [-0.4, -0.2) is 120 Å². The third kappa shape index (κ3) is 9.51. The number of amides is 1. The van der Waals surface area contributed by atoms with E-state index in [-0.39, 0.29) is 23.8 Å². The highest BCUT2D eigenvalue weighted by Crippen LogP contribution is 2.33. The second-order valence-corrected chi connectivity index (χ2v) is 15.6.